The third-order valence-electron chi connectivity index (χ3n) is 16.5. The molecule has 0 radical (unpaired) electrons. The summed E-state index contributed by atoms with van der Waals surface area (Å²) in [4.78, 5) is 64.9. The molecule has 4 aliphatic rings. The standard InChI is InChI=1S/C41H44F4N4O2.C32H30F4N4O2/c1-3-5-6-28(4-2)27-49-19-17-48(18-20-49)16-15-46-34-11-9-31(10-12-34)41(51)47-35-25-32(21-29-7-13-36(42)38(44)23-29)40(50)33(26-35)22-30-8-14-37(43)39(45)24-30;33-26-6-3-20(15-28(26)35)13-23-17-25(18-24(31(23)41)14-21-4-7-27(34)29(36)16-21)39-32(42)22-5-8-30(38-19-22)37-9-12-40-10-1-2-11-40/h4-14,21-24,35,46H,3,15-20,25-27H2,1-2H3,(H,47,51);3-8,13-16,19,25H,1-2,9-12,17-18H2,(H,37,38)(H,39,42)/b6-5-,28-4+,32-21+,33-22+;23-13+,24-14+. The summed E-state index contributed by atoms with van der Waals surface area (Å²) in [6, 6.07) is 22.6. The van der Waals surface area contributed by atoms with Crippen LogP contribution in [0.25, 0.3) is 24.3 Å². The number of Topliss-reactive ketones (excluding diaryl/α,β-unsaturated/α-hetero) is 2. The Balaban J connectivity index is 0.000000223. The summed E-state index contributed by atoms with van der Waals surface area (Å²) >= 11 is 0. The van der Waals surface area contributed by atoms with E-state index in [0.717, 1.165) is 133 Å². The van der Waals surface area contributed by atoms with Gasteiger partial charge in [0.1, 0.15) is 5.82 Å². The minimum absolute atomic E-state index is 0.127. The molecule has 5 aromatic carbocycles. The molecule has 2 saturated carbocycles. The van der Waals surface area contributed by atoms with Gasteiger partial charge in [-0.25, -0.2) is 40.1 Å². The Morgan fingerprint density at radius 2 is 0.892 bits per heavy atom. The molecular weight excluding hydrogens is 1200 g/mol. The van der Waals surface area contributed by atoms with Crippen molar-refractivity contribution in [3.8, 4) is 0 Å². The number of nitrogens with one attached hydrogen (secondary N) is 4. The molecule has 20 heteroatoms. The smallest absolute Gasteiger partial charge is 0.253 e. The molecule has 3 heterocycles. The molecule has 10 rings (SSSR count). The van der Waals surface area contributed by atoms with Crippen LogP contribution in [-0.4, -0.2) is 127 Å². The van der Waals surface area contributed by atoms with Gasteiger partial charge < -0.3 is 26.2 Å². The van der Waals surface area contributed by atoms with Gasteiger partial charge in [-0.05, 0) is 202 Å². The SMILES string of the molecule is C/C=C(\C=C/CC)CN1CCN(CCNc2ccc(C(=O)NC3C/C(=C\c4ccc(F)c(F)c4)C(=O)/C(=C/c4ccc(F)c(F)c4)C3)cc2)CC1.O=C1/C(=C/c2ccc(F)c(F)c2)CC(NC(=O)c2ccc(NCCN3CCCC3)nc2)C/C1=C\c1ccc(F)c(F)c1. The number of pyridine rings is 1. The fraction of sp³-hybridized carbons (Fsp3) is 0.301. The average molecular weight is 1280 g/mol. The summed E-state index contributed by atoms with van der Waals surface area (Å²) in [5, 5.41) is 12.6. The number of carbonyl (C=O) groups is 4. The van der Waals surface area contributed by atoms with Gasteiger partial charge >= 0.3 is 0 Å². The van der Waals surface area contributed by atoms with E-state index in [1.807, 2.05) is 12.1 Å². The number of carbonyl (C=O) groups excluding carboxylic acids is 4. The van der Waals surface area contributed by atoms with Crippen molar-refractivity contribution >= 4 is 59.2 Å². The van der Waals surface area contributed by atoms with E-state index >= 15 is 0 Å². The second-order valence-corrected chi connectivity index (χ2v) is 23.4. The van der Waals surface area contributed by atoms with Crippen LogP contribution in [0, 0.1) is 46.5 Å². The zero-order valence-electron chi connectivity index (χ0n) is 51.8. The van der Waals surface area contributed by atoms with Crippen LogP contribution in [0.3, 0.4) is 0 Å². The van der Waals surface area contributed by atoms with Gasteiger partial charge in [-0.1, -0.05) is 49.4 Å². The topological polar surface area (TPSA) is 139 Å². The molecule has 93 heavy (non-hydrogen) atoms. The Morgan fingerprint density at radius 1 is 0.495 bits per heavy atom. The molecule has 0 atom stereocenters. The van der Waals surface area contributed by atoms with E-state index in [9.17, 15) is 54.3 Å². The maximum Gasteiger partial charge on any atom is 0.253 e. The number of aromatic nitrogens is 1. The summed E-state index contributed by atoms with van der Waals surface area (Å²) in [6.07, 6.45) is 17.9. The molecule has 4 fully saturated rings. The van der Waals surface area contributed by atoms with Crippen LogP contribution in [0.15, 0.2) is 161 Å². The fourth-order valence-corrected chi connectivity index (χ4v) is 11.5. The first-order chi connectivity index (χ1) is 44.9. The number of nitrogens with zero attached hydrogens (tertiary/aromatic N) is 4. The lowest BCUT2D eigenvalue weighted by molar-refractivity contribution is -0.113. The molecule has 0 spiro atoms. The molecule has 2 saturated heterocycles. The molecule has 486 valence electrons. The number of likely N-dealkylation sites (tertiary alicyclic amines) is 1. The van der Waals surface area contributed by atoms with Gasteiger partial charge in [-0.15, -0.1) is 0 Å². The van der Waals surface area contributed by atoms with Crippen molar-refractivity contribution < 1.29 is 54.3 Å². The number of ketones is 2. The van der Waals surface area contributed by atoms with Crippen LogP contribution in [0.5, 0.6) is 0 Å². The normalized spacial score (nSPS) is 19.4. The molecule has 6 aromatic rings. The third kappa shape index (κ3) is 19.7. The second kappa shape index (κ2) is 32.9. The number of halogens is 8. The van der Waals surface area contributed by atoms with Gasteiger partial charge in [0.25, 0.3) is 11.8 Å². The van der Waals surface area contributed by atoms with Crippen LogP contribution in [0.4, 0.5) is 46.6 Å². The van der Waals surface area contributed by atoms with Crippen LogP contribution in [0.2, 0.25) is 0 Å². The third-order valence-corrected chi connectivity index (χ3v) is 16.5. The summed E-state index contributed by atoms with van der Waals surface area (Å²) in [5.74, 6) is -9.14. The highest BCUT2D eigenvalue weighted by atomic mass is 19.2. The quantitative estimate of drug-likeness (QED) is 0.0332. The van der Waals surface area contributed by atoms with Gasteiger partial charge in [-0.3, -0.25) is 29.0 Å². The summed E-state index contributed by atoms with van der Waals surface area (Å²) < 4.78 is 110. The van der Waals surface area contributed by atoms with Crippen LogP contribution in [-0.2, 0) is 9.59 Å². The monoisotopic (exact) mass is 1280 g/mol. The number of rotatable bonds is 20. The van der Waals surface area contributed by atoms with E-state index in [1.165, 1.54) is 73.2 Å². The van der Waals surface area contributed by atoms with Gasteiger partial charge in [-0.2, -0.15) is 0 Å². The fourth-order valence-electron chi connectivity index (χ4n) is 11.5. The molecular formula is C73H74F8N8O4. The van der Waals surface area contributed by atoms with Gasteiger partial charge in [0.05, 0.1) is 5.56 Å². The number of piperazine rings is 1. The number of benzene rings is 5. The molecule has 2 aliphatic carbocycles. The number of allylic oxidation sites excluding steroid dienone is 2. The molecule has 0 unspecified atom stereocenters. The lowest BCUT2D eigenvalue weighted by Crippen LogP contribution is -2.47. The maximum atomic E-state index is 13.9. The minimum Gasteiger partial charge on any atom is -0.384 e. The lowest BCUT2D eigenvalue weighted by atomic mass is 9.83. The minimum atomic E-state index is -1.06. The second-order valence-electron chi connectivity index (χ2n) is 23.4. The largest absolute Gasteiger partial charge is 0.384 e. The maximum absolute atomic E-state index is 13.9. The highest BCUT2D eigenvalue weighted by Gasteiger charge is 2.31. The first-order valence-corrected chi connectivity index (χ1v) is 31.2. The van der Waals surface area contributed by atoms with Crippen molar-refractivity contribution in [3.63, 3.8) is 0 Å². The Bertz CT molecular complexity index is 3710. The highest BCUT2D eigenvalue weighted by molar-refractivity contribution is 6.15. The Kier molecular flexibility index (Phi) is 24.2. The number of anilines is 2. The lowest BCUT2D eigenvalue weighted by Gasteiger charge is -2.35. The highest BCUT2D eigenvalue weighted by Crippen LogP contribution is 2.32. The Labute approximate surface area is 536 Å². The number of amides is 2. The van der Waals surface area contributed by atoms with Crippen molar-refractivity contribution in [2.45, 2.75) is 70.9 Å². The Morgan fingerprint density at radius 3 is 1.29 bits per heavy atom. The molecule has 1 aromatic heterocycles. The van der Waals surface area contributed by atoms with Crippen LogP contribution < -0.4 is 21.3 Å². The molecule has 4 N–H and O–H groups in total. The van der Waals surface area contributed by atoms with Gasteiger partial charge in [0.15, 0.2) is 58.1 Å². The van der Waals surface area contributed by atoms with Crippen LogP contribution in [0.1, 0.15) is 102 Å². The van der Waals surface area contributed by atoms with E-state index in [0.29, 0.717) is 16.9 Å². The van der Waals surface area contributed by atoms with E-state index in [2.05, 4.69) is 73.0 Å². The molecule has 0 bridgehead atoms. The summed E-state index contributed by atoms with van der Waals surface area (Å²) in [5.41, 5.74) is 5.13. The number of hydrogen-bond donors (Lipinski definition) is 4. The van der Waals surface area contributed by atoms with E-state index < -0.39 is 64.5 Å². The zero-order valence-corrected chi connectivity index (χ0v) is 51.8. The van der Waals surface area contributed by atoms with Gasteiger partial charge in [0.2, 0.25) is 0 Å². The average Bonchev–Trinajstić information content (AvgIpc) is 1.03. The predicted molar refractivity (Wildman–Crippen MR) is 348 cm³/mol. The van der Waals surface area contributed by atoms with Gasteiger partial charge in [0, 0.05) is 111 Å². The first-order valence-electron chi connectivity index (χ1n) is 31.2. The predicted octanol–water partition coefficient (Wildman–Crippen LogP) is 13.6. The van der Waals surface area contributed by atoms with E-state index in [4.69, 9.17) is 0 Å². The van der Waals surface area contributed by atoms with Crippen LogP contribution >= 0.6 is 0 Å². The first kappa shape index (κ1) is 68.3. The van der Waals surface area contributed by atoms with E-state index in [-0.39, 0.29) is 87.7 Å². The summed E-state index contributed by atoms with van der Waals surface area (Å²) in [6.45, 7) is 14.8. The van der Waals surface area contributed by atoms with Crippen molar-refractivity contribution in [3.05, 3.63) is 241 Å². The van der Waals surface area contributed by atoms with Crippen molar-refractivity contribution in [2.75, 3.05) is 82.6 Å². The molecule has 2 aliphatic heterocycles. The Hall–Kier alpha value is -9.11. The summed E-state index contributed by atoms with van der Waals surface area (Å²) in [7, 11) is 0. The van der Waals surface area contributed by atoms with Crippen molar-refractivity contribution in [1.29, 1.82) is 0 Å². The molecule has 12 nitrogen and oxygen atoms in total. The van der Waals surface area contributed by atoms with Crippen molar-refractivity contribution in [1.82, 2.24) is 30.3 Å². The molecule has 2 amide bonds. The number of hydrogen-bond acceptors (Lipinski definition) is 10. The van der Waals surface area contributed by atoms with Crippen molar-refractivity contribution in [2.24, 2.45) is 0 Å². The zero-order chi connectivity index (χ0) is 66.0. The van der Waals surface area contributed by atoms with E-state index in [1.54, 1.807) is 24.3 Å².